The number of hydrogen-bond donors (Lipinski definition) is 1. The maximum absolute atomic E-state index is 3.58. The van der Waals surface area contributed by atoms with Crippen molar-refractivity contribution >= 4 is 27.1 Å². The number of hydrogen-bond acceptors (Lipinski definition) is 2. The van der Waals surface area contributed by atoms with E-state index in [9.17, 15) is 0 Å². The van der Waals surface area contributed by atoms with E-state index < -0.39 is 0 Å². The molecular formula is C16H21NS. The summed E-state index contributed by atoms with van der Waals surface area (Å²) in [6, 6.07) is 8.90. The lowest BCUT2D eigenvalue weighted by molar-refractivity contribution is 0.345. The Labute approximate surface area is 113 Å². The van der Waals surface area contributed by atoms with Crippen LogP contribution in [0.1, 0.15) is 38.5 Å². The van der Waals surface area contributed by atoms with Crippen LogP contribution in [0.25, 0.3) is 10.1 Å². The van der Waals surface area contributed by atoms with Gasteiger partial charge in [0.1, 0.15) is 0 Å². The third-order valence-corrected chi connectivity index (χ3v) is 4.96. The number of thiophene rings is 1. The van der Waals surface area contributed by atoms with E-state index in [0.29, 0.717) is 0 Å². The smallest absolute Gasteiger partial charge is 0.0347 e. The molecule has 1 saturated carbocycles. The zero-order chi connectivity index (χ0) is 12.2. The van der Waals surface area contributed by atoms with Crippen LogP contribution in [0.2, 0.25) is 0 Å². The maximum Gasteiger partial charge on any atom is 0.0347 e. The molecule has 1 N–H and O–H groups in total. The highest BCUT2D eigenvalue weighted by Gasteiger charge is 2.12. The molecule has 1 aliphatic carbocycles. The summed E-state index contributed by atoms with van der Waals surface area (Å²) in [6.45, 7) is 1.13. The van der Waals surface area contributed by atoms with Gasteiger partial charge in [-0.25, -0.2) is 0 Å². The summed E-state index contributed by atoms with van der Waals surface area (Å²) in [5, 5.41) is 7.11. The van der Waals surface area contributed by atoms with Crippen molar-refractivity contribution in [2.24, 2.45) is 5.92 Å². The molecule has 0 spiro atoms. The van der Waals surface area contributed by atoms with Crippen LogP contribution in [-0.2, 0) is 0 Å². The molecule has 3 rings (SSSR count). The summed E-state index contributed by atoms with van der Waals surface area (Å²) in [6.07, 6.45) is 8.59. The zero-order valence-electron chi connectivity index (χ0n) is 10.8. The van der Waals surface area contributed by atoms with Crippen LogP contribution in [0, 0.1) is 5.92 Å². The second-order valence-electron chi connectivity index (χ2n) is 5.39. The Morgan fingerprint density at radius 2 is 2.00 bits per heavy atom. The SMILES string of the molecule is c1cc2cc(NCCC3CCCCC3)ccc2s1. The minimum atomic E-state index is 0.969. The Kier molecular flexibility index (Phi) is 3.84. The molecule has 1 heterocycles. The van der Waals surface area contributed by atoms with Crippen LogP contribution < -0.4 is 5.32 Å². The molecule has 2 aromatic rings. The van der Waals surface area contributed by atoms with Gasteiger partial charge in [0.05, 0.1) is 0 Å². The van der Waals surface area contributed by atoms with Gasteiger partial charge in [-0.2, -0.15) is 0 Å². The monoisotopic (exact) mass is 259 g/mol. The standard InChI is InChI=1S/C16H21NS/c1-2-4-13(5-3-1)8-10-17-15-6-7-16-14(12-15)9-11-18-16/h6-7,9,11-13,17H,1-5,8,10H2. The predicted octanol–water partition coefficient (Wildman–Crippen LogP) is 5.28. The molecule has 1 aromatic carbocycles. The predicted molar refractivity (Wildman–Crippen MR) is 81.5 cm³/mol. The van der Waals surface area contributed by atoms with Gasteiger partial charge in [0, 0.05) is 16.9 Å². The van der Waals surface area contributed by atoms with E-state index in [1.165, 1.54) is 54.3 Å². The highest BCUT2D eigenvalue weighted by Crippen LogP contribution is 2.27. The molecule has 18 heavy (non-hydrogen) atoms. The van der Waals surface area contributed by atoms with Crippen LogP contribution in [0.4, 0.5) is 5.69 Å². The van der Waals surface area contributed by atoms with Gasteiger partial charge in [-0.15, -0.1) is 11.3 Å². The fraction of sp³-hybridized carbons (Fsp3) is 0.500. The highest BCUT2D eigenvalue weighted by atomic mass is 32.1. The van der Waals surface area contributed by atoms with E-state index in [1.807, 2.05) is 11.3 Å². The van der Waals surface area contributed by atoms with E-state index in [4.69, 9.17) is 0 Å². The summed E-state index contributed by atoms with van der Waals surface area (Å²) >= 11 is 1.81. The third kappa shape index (κ3) is 2.86. The first kappa shape index (κ1) is 12.0. The first-order valence-electron chi connectivity index (χ1n) is 7.13. The van der Waals surface area contributed by atoms with Gasteiger partial charge < -0.3 is 5.32 Å². The molecule has 0 bridgehead atoms. The van der Waals surface area contributed by atoms with Gasteiger partial charge in [0.15, 0.2) is 0 Å². The van der Waals surface area contributed by atoms with Gasteiger partial charge in [-0.1, -0.05) is 32.1 Å². The van der Waals surface area contributed by atoms with Crippen molar-refractivity contribution in [3.63, 3.8) is 0 Å². The van der Waals surface area contributed by atoms with Crippen molar-refractivity contribution in [1.82, 2.24) is 0 Å². The normalized spacial score (nSPS) is 17.1. The maximum atomic E-state index is 3.58. The van der Waals surface area contributed by atoms with Crippen molar-refractivity contribution in [3.05, 3.63) is 29.6 Å². The van der Waals surface area contributed by atoms with Gasteiger partial charge in [0.2, 0.25) is 0 Å². The van der Waals surface area contributed by atoms with Crippen molar-refractivity contribution in [2.45, 2.75) is 38.5 Å². The van der Waals surface area contributed by atoms with Crippen molar-refractivity contribution in [1.29, 1.82) is 0 Å². The minimum absolute atomic E-state index is 0.969. The van der Waals surface area contributed by atoms with Crippen molar-refractivity contribution < 1.29 is 0 Å². The van der Waals surface area contributed by atoms with E-state index in [0.717, 1.165) is 12.5 Å². The molecule has 1 fully saturated rings. The Morgan fingerprint density at radius 1 is 1.11 bits per heavy atom. The molecule has 0 radical (unpaired) electrons. The molecule has 1 aromatic heterocycles. The minimum Gasteiger partial charge on any atom is -0.385 e. The number of benzene rings is 1. The number of anilines is 1. The fourth-order valence-electron chi connectivity index (χ4n) is 2.97. The summed E-state index contributed by atoms with van der Waals surface area (Å²) in [5.41, 5.74) is 1.27. The van der Waals surface area contributed by atoms with E-state index in [2.05, 4.69) is 35.0 Å². The van der Waals surface area contributed by atoms with Crippen LogP contribution in [0.15, 0.2) is 29.6 Å². The number of fused-ring (bicyclic) bond motifs is 1. The number of nitrogens with one attached hydrogen (secondary N) is 1. The second-order valence-corrected chi connectivity index (χ2v) is 6.34. The lowest BCUT2D eigenvalue weighted by Crippen LogP contribution is -2.12. The zero-order valence-corrected chi connectivity index (χ0v) is 11.6. The molecule has 1 aliphatic rings. The molecule has 96 valence electrons. The summed E-state index contributed by atoms with van der Waals surface area (Å²) in [5.74, 6) is 0.969. The summed E-state index contributed by atoms with van der Waals surface area (Å²) in [7, 11) is 0. The largest absolute Gasteiger partial charge is 0.385 e. The van der Waals surface area contributed by atoms with Gasteiger partial charge in [-0.3, -0.25) is 0 Å². The van der Waals surface area contributed by atoms with Crippen molar-refractivity contribution in [3.8, 4) is 0 Å². The van der Waals surface area contributed by atoms with Crippen LogP contribution in [0.5, 0.6) is 0 Å². The first-order valence-corrected chi connectivity index (χ1v) is 8.01. The molecule has 0 amide bonds. The number of rotatable bonds is 4. The molecule has 0 unspecified atom stereocenters. The van der Waals surface area contributed by atoms with Gasteiger partial charge in [0.25, 0.3) is 0 Å². The quantitative estimate of drug-likeness (QED) is 0.787. The Hall–Kier alpha value is -1.02. The average molecular weight is 259 g/mol. The first-order chi connectivity index (χ1) is 8.92. The molecule has 0 aliphatic heterocycles. The molecule has 2 heteroatoms. The van der Waals surface area contributed by atoms with E-state index in [-0.39, 0.29) is 0 Å². The molecule has 0 saturated heterocycles. The van der Waals surface area contributed by atoms with Gasteiger partial charge >= 0.3 is 0 Å². The van der Waals surface area contributed by atoms with E-state index >= 15 is 0 Å². The van der Waals surface area contributed by atoms with Crippen LogP contribution in [-0.4, -0.2) is 6.54 Å². The van der Waals surface area contributed by atoms with Gasteiger partial charge in [-0.05, 0) is 47.4 Å². The Balaban J connectivity index is 1.52. The molecule has 1 nitrogen and oxygen atoms in total. The second kappa shape index (κ2) is 5.75. The lowest BCUT2D eigenvalue weighted by atomic mass is 9.87. The summed E-state index contributed by atoms with van der Waals surface area (Å²) < 4.78 is 1.38. The molecule has 0 atom stereocenters. The Morgan fingerprint density at radius 3 is 2.89 bits per heavy atom. The highest BCUT2D eigenvalue weighted by molar-refractivity contribution is 7.17. The third-order valence-electron chi connectivity index (χ3n) is 4.06. The van der Waals surface area contributed by atoms with Crippen LogP contribution >= 0.6 is 11.3 Å². The fourth-order valence-corrected chi connectivity index (χ4v) is 3.74. The topological polar surface area (TPSA) is 12.0 Å². The summed E-state index contributed by atoms with van der Waals surface area (Å²) in [4.78, 5) is 0. The molecular weight excluding hydrogens is 238 g/mol. The van der Waals surface area contributed by atoms with E-state index in [1.54, 1.807) is 0 Å². The lowest BCUT2D eigenvalue weighted by Gasteiger charge is -2.21. The Bertz CT molecular complexity index is 497. The van der Waals surface area contributed by atoms with Crippen LogP contribution in [0.3, 0.4) is 0 Å². The average Bonchev–Trinajstić information content (AvgIpc) is 2.87. The van der Waals surface area contributed by atoms with Crippen molar-refractivity contribution in [2.75, 3.05) is 11.9 Å².